The smallest absolute Gasteiger partial charge is 0.245 e. The quantitative estimate of drug-likeness (QED) is 0.0581. The van der Waals surface area contributed by atoms with Crippen LogP contribution in [0.3, 0.4) is 0 Å². The van der Waals surface area contributed by atoms with Crippen LogP contribution in [0, 0.1) is 5.92 Å². The molecule has 16 nitrogen and oxygen atoms in total. The molecule has 0 unspecified atom stereocenters. The second-order valence-corrected chi connectivity index (χ2v) is 17.7. The molecule has 1 aliphatic carbocycles. The van der Waals surface area contributed by atoms with Crippen molar-refractivity contribution in [1.82, 2.24) is 36.5 Å². The Kier molecular flexibility index (Phi) is 17.9. The van der Waals surface area contributed by atoms with E-state index in [-0.39, 0.29) is 44.7 Å². The predicted molar refractivity (Wildman–Crippen MR) is 251 cm³/mol. The molecule has 66 heavy (non-hydrogen) atoms. The Labute approximate surface area is 386 Å². The zero-order chi connectivity index (χ0) is 47.0. The van der Waals surface area contributed by atoms with Gasteiger partial charge in [0, 0.05) is 49.8 Å². The van der Waals surface area contributed by atoms with Crippen molar-refractivity contribution in [3.8, 4) is 0 Å². The second kappa shape index (κ2) is 24.1. The third-order valence-electron chi connectivity index (χ3n) is 12.7. The van der Waals surface area contributed by atoms with Crippen molar-refractivity contribution in [2.45, 2.75) is 127 Å². The molecule has 1 aromatic heterocycles. The van der Waals surface area contributed by atoms with Crippen molar-refractivity contribution in [2.24, 2.45) is 17.4 Å². The van der Waals surface area contributed by atoms with Crippen molar-refractivity contribution in [3.63, 3.8) is 0 Å². The van der Waals surface area contributed by atoms with Gasteiger partial charge in [-0.05, 0) is 67.3 Å². The number of carbonyl (C=O) groups is 7. The monoisotopic (exact) mass is 904 g/mol. The normalized spacial score (nSPS) is 17.4. The van der Waals surface area contributed by atoms with Gasteiger partial charge in [0.2, 0.25) is 41.4 Å². The van der Waals surface area contributed by atoms with Crippen molar-refractivity contribution in [1.29, 1.82) is 0 Å². The van der Waals surface area contributed by atoms with E-state index in [0.29, 0.717) is 25.7 Å². The molecule has 6 atom stereocenters. The van der Waals surface area contributed by atoms with Gasteiger partial charge in [-0.2, -0.15) is 0 Å². The number of aromatic amines is 1. The molecular weight excluding hydrogens is 839 g/mol. The Morgan fingerprint density at radius 2 is 1.23 bits per heavy atom. The number of hydrogen-bond acceptors (Lipinski definition) is 8. The number of nitrogens with one attached hydrogen (secondary N) is 6. The first kappa shape index (κ1) is 48.9. The van der Waals surface area contributed by atoms with Crippen LogP contribution < -0.4 is 38.1 Å². The van der Waals surface area contributed by atoms with Gasteiger partial charge in [-0.25, -0.2) is 0 Å². The van der Waals surface area contributed by atoms with Crippen LogP contribution >= 0.6 is 0 Å². The van der Waals surface area contributed by atoms with Crippen LogP contribution in [0.1, 0.15) is 87.8 Å². The number of nitrogens with zero attached hydrogens (tertiary/aromatic N) is 1. The minimum Gasteiger partial charge on any atom is -0.368 e. The van der Waals surface area contributed by atoms with E-state index in [1.165, 1.54) is 11.8 Å². The number of primary amides is 1. The molecule has 6 rings (SSSR count). The van der Waals surface area contributed by atoms with E-state index in [2.05, 4.69) is 31.6 Å². The summed E-state index contributed by atoms with van der Waals surface area (Å²) in [7, 11) is 0. The Bertz CT molecular complexity index is 2280. The highest BCUT2D eigenvalue weighted by Gasteiger charge is 2.40. The molecule has 352 valence electrons. The maximum atomic E-state index is 14.6. The second-order valence-electron chi connectivity index (χ2n) is 17.7. The standard InChI is InChI=1S/C50H65N9O7/c1-32(60)54-41(28-34-17-7-3-8-18-34)46(62)55-39(23-13-25-51)50(66)59-26-14-24-44(59)49(65)58-42(29-35-19-9-4-10-20-35)47(63)57-43(30-36-31-53-38-22-12-11-21-37(36)38)48(64)56-40(45(52)61)27-33-15-5-2-6-16-33/h2-3,5-8,11-12,15-18,21-22,31,35,39-44,53H,4,9-10,13-14,19-20,23-30,51H2,1H3,(H2,52,61)(H,54,60)(H,55,62)(H,56,64)(H,57,63)(H,58,65)/t39-,40-,41-,42-,43-,44-/m0/s1. The highest BCUT2D eigenvalue weighted by molar-refractivity contribution is 5.97. The average molecular weight is 904 g/mol. The summed E-state index contributed by atoms with van der Waals surface area (Å²) in [5, 5.41) is 15.2. The van der Waals surface area contributed by atoms with Gasteiger partial charge >= 0.3 is 0 Å². The van der Waals surface area contributed by atoms with Crippen LogP contribution in [0.15, 0.2) is 91.1 Å². The van der Waals surface area contributed by atoms with Gasteiger partial charge in [0.25, 0.3) is 0 Å². The zero-order valence-corrected chi connectivity index (χ0v) is 37.8. The average Bonchev–Trinajstić information content (AvgIpc) is 3.98. The number of aromatic nitrogens is 1. The minimum absolute atomic E-state index is 0.0669. The van der Waals surface area contributed by atoms with Crippen molar-refractivity contribution >= 4 is 52.3 Å². The number of hydrogen-bond donors (Lipinski definition) is 8. The van der Waals surface area contributed by atoms with E-state index in [1.807, 2.05) is 84.9 Å². The number of rotatable bonds is 22. The lowest BCUT2D eigenvalue weighted by atomic mass is 9.84. The Balaban J connectivity index is 1.21. The van der Waals surface area contributed by atoms with Crippen LogP contribution in [0.4, 0.5) is 0 Å². The maximum absolute atomic E-state index is 14.6. The first-order chi connectivity index (χ1) is 31.9. The maximum Gasteiger partial charge on any atom is 0.245 e. The molecule has 1 saturated heterocycles. The summed E-state index contributed by atoms with van der Waals surface area (Å²) >= 11 is 0. The summed E-state index contributed by atoms with van der Waals surface area (Å²) in [6.45, 7) is 1.83. The van der Waals surface area contributed by atoms with Crippen molar-refractivity contribution in [3.05, 3.63) is 108 Å². The van der Waals surface area contributed by atoms with Gasteiger partial charge in [0.05, 0.1) is 0 Å². The molecule has 4 aromatic rings. The van der Waals surface area contributed by atoms with Crippen LogP contribution in [-0.2, 0) is 52.8 Å². The number of benzene rings is 3. The van der Waals surface area contributed by atoms with Crippen LogP contribution in [0.2, 0.25) is 0 Å². The summed E-state index contributed by atoms with van der Waals surface area (Å²) in [5.41, 5.74) is 14.9. The van der Waals surface area contributed by atoms with Crippen LogP contribution in [0.25, 0.3) is 10.9 Å². The van der Waals surface area contributed by atoms with E-state index in [1.54, 1.807) is 6.20 Å². The number of fused-ring (bicyclic) bond motifs is 1. The van der Waals surface area contributed by atoms with Gasteiger partial charge in [0.15, 0.2) is 0 Å². The molecule has 2 aliphatic rings. The molecule has 3 aromatic carbocycles. The number of amides is 7. The molecule has 16 heteroatoms. The van der Waals surface area contributed by atoms with Gasteiger partial charge in [-0.3, -0.25) is 33.6 Å². The lowest BCUT2D eigenvalue weighted by Gasteiger charge is -2.32. The molecule has 10 N–H and O–H groups in total. The number of likely N-dealkylation sites (tertiary alicyclic amines) is 1. The summed E-state index contributed by atoms with van der Waals surface area (Å²) in [4.78, 5) is 101. The minimum atomic E-state index is -1.17. The number of H-pyrrole nitrogens is 1. The molecule has 1 aliphatic heterocycles. The van der Waals surface area contributed by atoms with Crippen molar-refractivity contribution < 1.29 is 33.6 Å². The Morgan fingerprint density at radius 1 is 0.652 bits per heavy atom. The summed E-state index contributed by atoms with van der Waals surface area (Å²) in [6.07, 6.45) is 8.78. The summed E-state index contributed by atoms with van der Waals surface area (Å²) < 4.78 is 0. The number of para-hydroxylation sites is 1. The van der Waals surface area contributed by atoms with Gasteiger partial charge in [-0.1, -0.05) is 111 Å². The fraction of sp³-hybridized carbons (Fsp3) is 0.460. The fourth-order valence-electron chi connectivity index (χ4n) is 9.26. The lowest BCUT2D eigenvalue weighted by Crippen LogP contribution is -2.60. The third-order valence-corrected chi connectivity index (χ3v) is 12.7. The number of nitrogens with two attached hydrogens (primary N) is 2. The van der Waals surface area contributed by atoms with Gasteiger partial charge in [-0.15, -0.1) is 0 Å². The molecule has 2 heterocycles. The van der Waals surface area contributed by atoms with Crippen LogP contribution in [-0.4, -0.2) is 101 Å². The van der Waals surface area contributed by atoms with E-state index in [9.17, 15) is 33.6 Å². The molecule has 0 spiro atoms. The molecule has 1 saturated carbocycles. The highest BCUT2D eigenvalue weighted by Crippen LogP contribution is 2.28. The molecule has 7 amide bonds. The number of carbonyl (C=O) groups excluding carboxylic acids is 7. The van der Waals surface area contributed by atoms with Crippen molar-refractivity contribution in [2.75, 3.05) is 13.1 Å². The van der Waals surface area contributed by atoms with E-state index >= 15 is 0 Å². The lowest BCUT2D eigenvalue weighted by molar-refractivity contribution is -0.142. The summed E-state index contributed by atoms with van der Waals surface area (Å²) in [5.74, 6) is -3.70. The van der Waals surface area contributed by atoms with E-state index in [0.717, 1.165) is 59.7 Å². The van der Waals surface area contributed by atoms with E-state index in [4.69, 9.17) is 11.5 Å². The van der Waals surface area contributed by atoms with Crippen LogP contribution in [0.5, 0.6) is 0 Å². The summed E-state index contributed by atoms with van der Waals surface area (Å²) in [6, 6.07) is 19.8. The molecular formula is C50H65N9O7. The Hall–Kier alpha value is -6.55. The molecule has 0 bridgehead atoms. The largest absolute Gasteiger partial charge is 0.368 e. The predicted octanol–water partition coefficient (Wildman–Crippen LogP) is 2.83. The Morgan fingerprint density at radius 3 is 1.86 bits per heavy atom. The first-order valence-corrected chi connectivity index (χ1v) is 23.3. The topological polar surface area (TPSA) is 251 Å². The molecule has 0 radical (unpaired) electrons. The molecule has 2 fully saturated rings. The van der Waals surface area contributed by atoms with Gasteiger partial charge in [0.1, 0.15) is 36.3 Å². The fourth-order valence-corrected chi connectivity index (χ4v) is 9.26. The zero-order valence-electron chi connectivity index (χ0n) is 37.8. The van der Waals surface area contributed by atoms with E-state index < -0.39 is 77.6 Å². The highest BCUT2D eigenvalue weighted by atomic mass is 16.2. The third kappa shape index (κ3) is 13.7. The first-order valence-electron chi connectivity index (χ1n) is 23.3. The van der Waals surface area contributed by atoms with Gasteiger partial charge < -0.3 is 47.9 Å². The SMILES string of the molecule is CC(=O)N[C@@H](Cc1ccccc1)C(=O)N[C@@H](CCCN)C(=O)N1CCC[C@H]1C(=O)N[C@@H](CC1CCCCC1)C(=O)N[C@@H](Cc1c[nH]c2ccccc12)C(=O)N[C@@H](Cc1ccccc1)C(N)=O.